The van der Waals surface area contributed by atoms with Crippen LogP contribution >= 0.6 is 0 Å². The van der Waals surface area contributed by atoms with E-state index < -0.39 is 17.4 Å². The van der Waals surface area contributed by atoms with Crippen LogP contribution in [0, 0.1) is 5.92 Å². The number of imidazole rings is 1. The summed E-state index contributed by atoms with van der Waals surface area (Å²) in [6.07, 6.45) is 2.60. The molecule has 206 valence electrons. The largest absolute Gasteiger partial charge is 0.418 e. The number of piperidine rings is 1. The number of hydrogen-bond acceptors (Lipinski definition) is 4. The Kier molecular flexibility index (Phi) is 7.24. The van der Waals surface area contributed by atoms with Crippen LogP contribution in [0.25, 0.3) is 11.2 Å². The molecule has 3 aromatic heterocycles. The van der Waals surface area contributed by atoms with Crippen LogP contribution in [-0.4, -0.2) is 41.7 Å². The topological polar surface area (TPSA) is 60.4 Å². The lowest BCUT2D eigenvalue weighted by Gasteiger charge is -2.31. The van der Waals surface area contributed by atoms with E-state index in [0.717, 1.165) is 47.3 Å². The lowest BCUT2D eigenvalue weighted by Crippen LogP contribution is -2.34. The maximum atomic E-state index is 14.2. The smallest absolute Gasteiger partial charge is 0.320 e. The lowest BCUT2D eigenvalue weighted by molar-refractivity contribution is -0.136. The van der Waals surface area contributed by atoms with E-state index in [-0.39, 0.29) is 11.4 Å². The number of fused-ring (bicyclic) bond motifs is 1. The fraction of sp³-hybridized carbons (Fsp3) is 0.414. The van der Waals surface area contributed by atoms with Gasteiger partial charge in [-0.3, -0.25) is 13.9 Å². The minimum absolute atomic E-state index is 0.166. The van der Waals surface area contributed by atoms with Gasteiger partial charge in [-0.1, -0.05) is 24.6 Å². The van der Waals surface area contributed by atoms with E-state index in [4.69, 9.17) is 0 Å². The summed E-state index contributed by atoms with van der Waals surface area (Å²) in [7, 11) is 1.86. The molecule has 0 saturated carbocycles. The summed E-state index contributed by atoms with van der Waals surface area (Å²) in [5.41, 5.74) is 1.25. The molecule has 7 nitrogen and oxygen atoms in total. The van der Waals surface area contributed by atoms with Crippen LogP contribution in [0.4, 0.5) is 13.2 Å². The molecule has 1 aliphatic heterocycles. The minimum Gasteiger partial charge on any atom is -0.320 e. The van der Waals surface area contributed by atoms with Crippen LogP contribution in [0.2, 0.25) is 0 Å². The Morgan fingerprint density at radius 2 is 2.03 bits per heavy atom. The van der Waals surface area contributed by atoms with Crippen molar-refractivity contribution in [2.75, 3.05) is 13.1 Å². The first-order chi connectivity index (χ1) is 18.5. The molecular weight excluding hydrogens is 505 g/mol. The van der Waals surface area contributed by atoms with Crippen molar-refractivity contribution in [1.29, 1.82) is 0 Å². The normalized spacial score (nSPS) is 17.5. The molecule has 1 saturated heterocycles. The Hall–Kier alpha value is -3.66. The summed E-state index contributed by atoms with van der Waals surface area (Å²) in [5.74, 6) is 1.06. The third kappa shape index (κ3) is 5.56. The SMILES string of the molecule is C=C(C)CC(c1cccc(-n2cc3c(C(F)(F)F)cc(CN4CCC[C@H](C)C4)cn3c2=O)c1)c1nncn1C. The molecule has 1 aromatic carbocycles. The van der Waals surface area contributed by atoms with Crippen molar-refractivity contribution < 1.29 is 13.2 Å². The van der Waals surface area contributed by atoms with Crippen LogP contribution in [0.3, 0.4) is 0 Å². The molecule has 4 heterocycles. The number of nitrogens with zero attached hydrogens (tertiary/aromatic N) is 6. The summed E-state index contributed by atoms with van der Waals surface area (Å²) in [5, 5.41) is 8.27. The highest BCUT2D eigenvalue weighted by molar-refractivity contribution is 5.58. The van der Waals surface area contributed by atoms with Crippen LogP contribution in [0.15, 0.2) is 66.0 Å². The number of benzene rings is 1. The van der Waals surface area contributed by atoms with E-state index in [1.54, 1.807) is 24.7 Å². The molecule has 1 fully saturated rings. The van der Waals surface area contributed by atoms with Gasteiger partial charge in [-0.05, 0) is 68.0 Å². The number of likely N-dealkylation sites (tertiary alicyclic amines) is 1. The molecule has 2 atom stereocenters. The summed E-state index contributed by atoms with van der Waals surface area (Å²) < 4.78 is 46.9. The molecule has 4 aromatic rings. The van der Waals surface area contributed by atoms with Gasteiger partial charge in [0.2, 0.25) is 0 Å². The first kappa shape index (κ1) is 26.9. The number of halogens is 3. The summed E-state index contributed by atoms with van der Waals surface area (Å²) in [4.78, 5) is 15.7. The molecule has 1 aliphatic rings. The van der Waals surface area contributed by atoms with Gasteiger partial charge in [0.15, 0.2) is 0 Å². The second kappa shape index (κ2) is 10.5. The zero-order valence-electron chi connectivity index (χ0n) is 22.4. The molecule has 0 amide bonds. The molecule has 0 bridgehead atoms. The number of hydrogen-bond donors (Lipinski definition) is 0. The van der Waals surface area contributed by atoms with Crippen LogP contribution in [-0.2, 0) is 19.8 Å². The van der Waals surface area contributed by atoms with E-state index in [9.17, 15) is 18.0 Å². The van der Waals surface area contributed by atoms with Gasteiger partial charge in [0.1, 0.15) is 12.2 Å². The predicted molar refractivity (Wildman–Crippen MR) is 144 cm³/mol. The van der Waals surface area contributed by atoms with Gasteiger partial charge >= 0.3 is 11.9 Å². The van der Waals surface area contributed by atoms with Crippen LogP contribution in [0.1, 0.15) is 61.5 Å². The number of alkyl halides is 3. The third-order valence-corrected chi connectivity index (χ3v) is 7.44. The standard InChI is InChI=1S/C29H33F3N6O/c1-19(2)11-24(27-34-33-18-35(27)4)22-8-5-9-23(13-22)37-17-26-25(29(30,31)32)12-21(16-38(26)28(37)39)15-36-10-6-7-20(3)14-36/h5,8-9,12-13,16-18,20,24H,1,6-7,10-11,14-15H2,2-4H3/t20-,24?/m0/s1. The van der Waals surface area contributed by atoms with Gasteiger partial charge in [-0.2, -0.15) is 13.2 Å². The maximum absolute atomic E-state index is 14.2. The maximum Gasteiger partial charge on any atom is 0.418 e. The van der Waals surface area contributed by atoms with Crippen LogP contribution < -0.4 is 5.69 Å². The van der Waals surface area contributed by atoms with Gasteiger partial charge in [0.05, 0.1) is 16.8 Å². The minimum atomic E-state index is -4.60. The van der Waals surface area contributed by atoms with Gasteiger partial charge in [-0.25, -0.2) is 4.79 Å². The Morgan fingerprint density at radius 1 is 1.23 bits per heavy atom. The van der Waals surface area contributed by atoms with Gasteiger partial charge in [-0.15, -0.1) is 16.8 Å². The Bertz CT molecular complexity index is 1560. The quantitative estimate of drug-likeness (QED) is 0.289. The summed E-state index contributed by atoms with van der Waals surface area (Å²) in [6.45, 7) is 10.2. The van der Waals surface area contributed by atoms with E-state index in [2.05, 4.69) is 28.6 Å². The van der Waals surface area contributed by atoms with Gasteiger partial charge < -0.3 is 4.57 Å². The summed E-state index contributed by atoms with van der Waals surface area (Å²) in [6, 6.07) is 8.46. The highest BCUT2D eigenvalue weighted by Crippen LogP contribution is 2.34. The summed E-state index contributed by atoms with van der Waals surface area (Å²) >= 11 is 0. The number of allylic oxidation sites excluding steroid dienone is 1. The fourth-order valence-electron chi connectivity index (χ4n) is 5.64. The Morgan fingerprint density at radius 3 is 2.69 bits per heavy atom. The average molecular weight is 539 g/mol. The highest BCUT2D eigenvalue weighted by atomic mass is 19.4. The van der Waals surface area contributed by atoms with E-state index in [1.165, 1.54) is 16.8 Å². The zero-order valence-corrected chi connectivity index (χ0v) is 22.4. The lowest BCUT2D eigenvalue weighted by atomic mass is 9.91. The zero-order chi connectivity index (χ0) is 27.9. The molecule has 0 spiro atoms. The monoisotopic (exact) mass is 538 g/mol. The van der Waals surface area contributed by atoms with Gasteiger partial charge in [0.25, 0.3) is 0 Å². The average Bonchev–Trinajstić information content (AvgIpc) is 3.44. The van der Waals surface area contributed by atoms with E-state index >= 15 is 0 Å². The predicted octanol–water partition coefficient (Wildman–Crippen LogP) is 5.57. The number of aromatic nitrogens is 5. The first-order valence-electron chi connectivity index (χ1n) is 13.2. The van der Waals surface area contributed by atoms with E-state index in [0.29, 0.717) is 30.1 Å². The second-order valence-electron chi connectivity index (χ2n) is 10.9. The van der Waals surface area contributed by atoms with Crippen molar-refractivity contribution in [1.82, 2.24) is 28.6 Å². The molecule has 0 radical (unpaired) electrons. The van der Waals surface area contributed by atoms with Crippen molar-refractivity contribution in [3.8, 4) is 5.69 Å². The molecule has 1 unspecified atom stereocenters. The molecule has 10 heteroatoms. The second-order valence-corrected chi connectivity index (χ2v) is 10.9. The Balaban J connectivity index is 1.59. The Labute approximate surface area is 225 Å². The van der Waals surface area contributed by atoms with Crippen molar-refractivity contribution in [3.63, 3.8) is 0 Å². The highest BCUT2D eigenvalue weighted by Gasteiger charge is 2.35. The fourth-order valence-corrected chi connectivity index (χ4v) is 5.64. The molecule has 0 N–H and O–H groups in total. The van der Waals surface area contributed by atoms with E-state index in [1.807, 2.05) is 30.7 Å². The van der Waals surface area contributed by atoms with Crippen molar-refractivity contribution >= 4 is 5.52 Å². The van der Waals surface area contributed by atoms with Crippen LogP contribution in [0.5, 0.6) is 0 Å². The number of pyridine rings is 1. The molecule has 39 heavy (non-hydrogen) atoms. The number of rotatable bonds is 7. The third-order valence-electron chi connectivity index (χ3n) is 7.44. The molecular formula is C29H33F3N6O. The van der Waals surface area contributed by atoms with Crippen molar-refractivity contribution in [3.05, 3.63) is 94.2 Å². The first-order valence-corrected chi connectivity index (χ1v) is 13.2. The van der Waals surface area contributed by atoms with Crippen molar-refractivity contribution in [2.24, 2.45) is 13.0 Å². The van der Waals surface area contributed by atoms with Gasteiger partial charge in [0, 0.05) is 38.4 Å². The molecule has 5 rings (SSSR count). The molecule has 0 aliphatic carbocycles. The van der Waals surface area contributed by atoms with Crippen molar-refractivity contribution in [2.45, 2.75) is 51.7 Å². The number of aryl methyl sites for hydroxylation is 1.